The van der Waals surface area contributed by atoms with E-state index in [0.717, 1.165) is 5.56 Å². The predicted molar refractivity (Wildman–Crippen MR) is 113 cm³/mol. The monoisotopic (exact) mass is 379 g/mol. The zero-order valence-corrected chi connectivity index (χ0v) is 16.9. The molecule has 0 aliphatic rings. The van der Waals surface area contributed by atoms with Crippen LogP contribution in [0.1, 0.15) is 31.9 Å². The second-order valence-electron chi connectivity index (χ2n) is 7.57. The third kappa shape index (κ3) is 5.09. The molecule has 1 N–H and O–H groups in total. The van der Waals surface area contributed by atoms with E-state index in [9.17, 15) is 4.57 Å². The summed E-state index contributed by atoms with van der Waals surface area (Å²) in [6, 6.07) is 27.1. The molecule has 0 radical (unpaired) electrons. The summed E-state index contributed by atoms with van der Waals surface area (Å²) in [4.78, 5) is 0. The molecule has 0 aliphatic heterocycles. The molecule has 0 saturated carbocycles. The molecule has 0 aliphatic carbocycles. The van der Waals surface area contributed by atoms with Crippen LogP contribution in [0.4, 0.5) is 0 Å². The minimum atomic E-state index is -3.26. The SMILES string of the molecule is CC(C)(C)c1ccc(OP(=O)(NCc2ccccc2)c2ccccc2)cc1. The Bertz CT molecular complexity index is 901. The molecule has 1 unspecified atom stereocenters. The molecule has 3 aromatic carbocycles. The Kier molecular flexibility index (Phi) is 5.84. The van der Waals surface area contributed by atoms with Crippen molar-refractivity contribution in [1.29, 1.82) is 0 Å². The summed E-state index contributed by atoms with van der Waals surface area (Å²) in [6.45, 7) is 6.96. The van der Waals surface area contributed by atoms with E-state index in [1.165, 1.54) is 5.56 Å². The standard InChI is InChI=1S/C23H26NO2P/c1-23(2,3)20-14-16-21(17-15-20)26-27(25,22-12-8-5-9-13-22)24-18-19-10-6-4-7-11-19/h4-17H,18H2,1-3H3,(H,24,25). The van der Waals surface area contributed by atoms with Gasteiger partial charge in [0, 0.05) is 6.54 Å². The molecule has 140 valence electrons. The molecule has 3 rings (SSSR count). The molecule has 1 atom stereocenters. The Balaban J connectivity index is 1.85. The van der Waals surface area contributed by atoms with E-state index < -0.39 is 7.52 Å². The van der Waals surface area contributed by atoms with E-state index in [4.69, 9.17) is 4.52 Å². The van der Waals surface area contributed by atoms with Gasteiger partial charge in [-0.15, -0.1) is 0 Å². The van der Waals surface area contributed by atoms with Crippen LogP contribution in [0, 0.1) is 0 Å². The van der Waals surface area contributed by atoms with Crippen LogP contribution in [-0.2, 0) is 16.5 Å². The number of nitrogens with one attached hydrogen (secondary N) is 1. The van der Waals surface area contributed by atoms with Gasteiger partial charge in [0.15, 0.2) is 0 Å². The molecule has 3 aromatic rings. The van der Waals surface area contributed by atoms with Crippen molar-refractivity contribution >= 4 is 12.8 Å². The summed E-state index contributed by atoms with van der Waals surface area (Å²) in [5.41, 5.74) is 2.33. The van der Waals surface area contributed by atoms with Crippen molar-refractivity contribution in [3.63, 3.8) is 0 Å². The van der Waals surface area contributed by atoms with E-state index in [2.05, 4.69) is 25.9 Å². The average Bonchev–Trinajstić information content (AvgIpc) is 2.68. The van der Waals surface area contributed by atoms with Crippen molar-refractivity contribution in [3.8, 4) is 5.75 Å². The van der Waals surface area contributed by atoms with Crippen molar-refractivity contribution in [3.05, 3.63) is 96.1 Å². The van der Waals surface area contributed by atoms with Crippen molar-refractivity contribution in [2.75, 3.05) is 0 Å². The summed E-state index contributed by atoms with van der Waals surface area (Å²) >= 11 is 0. The van der Waals surface area contributed by atoms with E-state index in [1.807, 2.05) is 84.9 Å². The van der Waals surface area contributed by atoms with E-state index in [-0.39, 0.29) is 5.41 Å². The first-order chi connectivity index (χ1) is 12.9. The largest absolute Gasteiger partial charge is 0.430 e. The van der Waals surface area contributed by atoms with Gasteiger partial charge in [-0.3, -0.25) is 4.57 Å². The lowest BCUT2D eigenvalue weighted by Gasteiger charge is -2.22. The molecular weight excluding hydrogens is 353 g/mol. The van der Waals surface area contributed by atoms with Crippen molar-refractivity contribution in [2.45, 2.75) is 32.7 Å². The quantitative estimate of drug-likeness (QED) is 0.561. The highest BCUT2D eigenvalue weighted by molar-refractivity contribution is 7.65. The van der Waals surface area contributed by atoms with Crippen LogP contribution in [0.25, 0.3) is 0 Å². The fourth-order valence-electron chi connectivity index (χ4n) is 2.76. The summed E-state index contributed by atoms with van der Waals surface area (Å²) in [5.74, 6) is 0.593. The van der Waals surface area contributed by atoms with Crippen molar-refractivity contribution in [1.82, 2.24) is 5.09 Å². The molecule has 4 heteroatoms. The van der Waals surface area contributed by atoms with Gasteiger partial charge in [0.2, 0.25) is 0 Å². The minimum Gasteiger partial charge on any atom is -0.430 e. The fraction of sp³-hybridized carbons (Fsp3) is 0.217. The van der Waals surface area contributed by atoms with Crippen LogP contribution in [0.15, 0.2) is 84.9 Å². The van der Waals surface area contributed by atoms with Gasteiger partial charge in [0.25, 0.3) is 0 Å². The highest BCUT2D eigenvalue weighted by Gasteiger charge is 2.27. The molecule has 0 saturated heterocycles. The highest BCUT2D eigenvalue weighted by Crippen LogP contribution is 2.42. The van der Waals surface area contributed by atoms with Gasteiger partial charge in [-0.2, -0.15) is 0 Å². The van der Waals surface area contributed by atoms with Crippen LogP contribution in [0.5, 0.6) is 5.75 Å². The Morgan fingerprint density at radius 2 is 1.37 bits per heavy atom. The number of hydrogen-bond donors (Lipinski definition) is 1. The minimum absolute atomic E-state index is 0.0627. The Hall–Kier alpha value is -2.35. The number of rotatable bonds is 6. The zero-order valence-electron chi connectivity index (χ0n) is 16.1. The van der Waals surface area contributed by atoms with Crippen LogP contribution in [0.3, 0.4) is 0 Å². The molecule has 3 nitrogen and oxygen atoms in total. The predicted octanol–water partition coefficient (Wildman–Crippen LogP) is 5.67. The van der Waals surface area contributed by atoms with Gasteiger partial charge in [0.1, 0.15) is 5.75 Å². The third-order valence-corrected chi connectivity index (χ3v) is 6.40. The Labute approximate surface area is 161 Å². The summed E-state index contributed by atoms with van der Waals surface area (Å²) in [5, 5.41) is 3.81. The summed E-state index contributed by atoms with van der Waals surface area (Å²) in [7, 11) is -3.26. The third-order valence-electron chi connectivity index (χ3n) is 4.38. The Morgan fingerprint density at radius 1 is 0.815 bits per heavy atom. The molecular formula is C23H26NO2P. The second kappa shape index (κ2) is 8.12. The summed E-state index contributed by atoms with van der Waals surface area (Å²) in [6.07, 6.45) is 0. The smallest absolute Gasteiger partial charge is 0.347 e. The second-order valence-corrected chi connectivity index (χ2v) is 9.69. The van der Waals surface area contributed by atoms with E-state index >= 15 is 0 Å². The van der Waals surface area contributed by atoms with Gasteiger partial charge in [0.05, 0.1) is 5.30 Å². The van der Waals surface area contributed by atoms with Crippen LogP contribution >= 0.6 is 7.52 Å². The van der Waals surface area contributed by atoms with Crippen molar-refractivity contribution < 1.29 is 9.09 Å². The lowest BCUT2D eigenvalue weighted by atomic mass is 9.87. The first-order valence-electron chi connectivity index (χ1n) is 9.12. The van der Waals surface area contributed by atoms with Crippen LogP contribution < -0.4 is 14.9 Å². The zero-order chi connectivity index (χ0) is 19.3. The van der Waals surface area contributed by atoms with Crippen LogP contribution in [0.2, 0.25) is 0 Å². The molecule has 27 heavy (non-hydrogen) atoms. The first kappa shape index (κ1) is 19.4. The van der Waals surface area contributed by atoms with E-state index in [1.54, 1.807) is 0 Å². The first-order valence-corrected chi connectivity index (χ1v) is 10.7. The van der Waals surface area contributed by atoms with E-state index in [0.29, 0.717) is 17.6 Å². The van der Waals surface area contributed by atoms with Gasteiger partial charge in [-0.05, 0) is 40.8 Å². The maximum atomic E-state index is 13.7. The molecule has 0 fully saturated rings. The van der Waals surface area contributed by atoms with Gasteiger partial charge < -0.3 is 4.52 Å². The lowest BCUT2D eigenvalue weighted by molar-refractivity contribution is 0.477. The topological polar surface area (TPSA) is 38.3 Å². The molecule has 0 amide bonds. The molecule has 0 aromatic heterocycles. The average molecular weight is 379 g/mol. The van der Waals surface area contributed by atoms with Crippen molar-refractivity contribution in [2.24, 2.45) is 0 Å². The molecule has 0 heterocycles. The summed E-state index contributed by atoms with van der Waals surface area (Å²) < 4.78 is 19.7. The maximum Gasteiger partial charge on any atom is 0.347 e. The van der Waals surface area contributed by atoms with Crippen LogP contribution in [-0.4, -0.2) is 0 Å². The number of hydrogen-bond acceptors (Lipinski definition) is 2. The maximum absolute atomic E-state index is 13.7. The molecule has 0 spiro atoms. The molecule has 0 bridgehead atoms. The highest BCUT2D eigenvalue weighted by atomic mass is 31.2. The normalized spacial score (nSPS) is 13.7. The number of benzene rings is 3. The van der Waals surface area contributed by atoms with Gasteiger partial charge >= 0.3 is 7.52 Å². The Morgan fingerprint density at radius 3 is 1.93 bits per heavy atom. The lowest BCUT2D eigenvalue weighted by Crippen LogP contribution is -2.23. The fourth-order valence-corrected chi connectivity index (χ4v) is 4.48. The van der Waals surface area contributed by atoms with Gasteiger partial charge in [-0.25, -0.2) is 5.09 Å². The van der Waals surface area contributed by atoms with Gasteiger partial charge in [-0.1, -0.05) is 81.4 Å².